The molecule has 26 heavy (non-hydrogen) atoms. The van der Waals surface area contributed by atoms with Crippen LogP contribution in [0.3, 0.4) is 0 Å². The van der Waals surface area contributed by atoms with Crippen molar-refractivity contribution in [2.75, 3.05) is 13.1 Å². The summed E-state index contributed by atoms with van der Waals surface area (Å²) in [6, 6.07) is 5.90. The molecule has 1 saturated heterocycles. The van der Waals surface area contributed by atoms with Gasteiger partial charge in [0.05, 0.1) is 12.1 Å². The second-order valence-corrected chi connectivity index (χ2v) is 6.42. The van der Waals surface area contributed by atoms with Crippen molar-refractivity contribution in [1.82, 2.24) is 9.88 Å². The number of pyridine rings is 1. The highest BCUT2D eigenvalue weighted by molar-refractivity contribution is 6.31. The standard InChI is InChI=1S/C18H16ClF3N2O2/c19-15-10-23-8-7-16(15)26-14-2-1-9-24(11-14)17(25)12-3-5-13(6-4-12)18(20,21)22/h3-8,10,14H,1-2,9,11H2. The van der Waals surface area contributed by atoms with Crippen LogP contribution in [0.15, 0.2) is 42.7 Å². The van der Waals surface area contributed by atoms with Gasteiger partial charge in [0.15, 0.2) is 0 Å². The van der Waals surface area contributed by atoms with Crippen molar-refractivity contribution in [3.63, 3.8) is 0 Å². The summed E-state index contributed by atoms with van der Waals surface area (Å²) in [5, 5.41) is 0.388. The van der Waals surface area contributed by atoms with Crippen molar-refractivity contribution in [3.05, 3.63) is 58.9 Å². The number of hydrogen-bond donors (Lipinski definition) is 0. The predicted molar refractivity (Wildman–Crippen MR) is 90.2 cm³/mol. The van der Waals surface area contributed by atoms with Gasteiger partial charge in [-0.3, -0.25) is 9.78 Å². The molecule has 1 atom stereocenters. The Bertz CT molecular complexity index is 781. The van der Waals surface area contributed by atoms with Crippen LogP contribution in [0.25, 0.3) is 0 Å². The van der Waals surface area contributed by atoms with E-state index in [9.17, 15) is 18.0 Å². The fourth-order valence-electron chi connectivity index (χ4n) is 2.84. The van der Waals surface area contributed by atoms with Crippen molar-refractivity contribution in [2.24, 2.45) is 0 Å². The molecule has 1 aromatic carbocycles. The Balaban J connectivity index is 1.67. The summed E-state index contributed by atoms with van der Waals surface area (Å²) in [7, 11) is 0. The van der Waals surface area contributed by atoms with Gasteiger partial charge in [-0.25, -0.2) is 0 Å². The van der Waals surface area contributed by atoms with E-state index in [-0.39, 0.29) is 17.6 Å². The third kappa shape index (κ3) is 4.27. The van der Waals surface area contributed by atoms with E-state index in [1.807, 2.05) is 0 Å². The van der Waals surface area contributed by atoms with Gasteiger partial charge in [0.25, 0.3) is 5.91 Å². The van der Waals surface area contributed by atoms with E-state index in [4.69, 9.17) is 16.3 Å². The van der Waals surface area contributed by atoms with Crippen LogP contribution >= 0.6 is 11.6 Å². The van der Waals surface area contributed by atoms with E-state index in [0.717, 1.165) is 25.0 Å². The summed E-state index contributed by atoms with van der Waals surface area (Å²) in [5.41, 5.74) is -0.554. The molecule has 2 aromatic rings. The number of ether oxygens (including phenoxy) is 1. The number of aromatic nitrogens is 1. The molecule has 0 radical (unpaired) electrons. The molecule has 1 fully saturated rings. The quantitative estimate of drug-likeness (QED) is 0.785. The van der Waals surface area contributed by atoms with Crippen molar-refractivity contribution < 1.29 is 22.7 Å². The van der Waals surface area contributed by atoms with Gasteiger partial charge in [0.2, 0.25) is 0 Å². The summed E-state index contributed by atoms with van der Waals surface area (Å²) in [6.07, 6.45) is -0.119. The fraction of sp³-hybridized carbons (Fsp3) is 0.333. The first-order valence-corrected chi connectivity index (χ1v) is 8.45. The number of hydrogen-bond acceptors (Lipinski definition) is 3. The second-order valence-electron chi connectivity index (χ2n) is 6.01. The van der Waals surface area contributed by atoms with Crippen LogP contribution in [0, 0.1) is 0 Å². The SMILES string of the molecule is O=C(c1ccc(C(F)(F)F)cc1)N1CCCC(Oc2ccncc2Cl)C1. The molecule has 0 bridgehead atoms. The van der Waals surface area contributed by atoms with Crippen molar-refractivity contribution in [3.8, 4) is 5.75 Å². The van der Waals surface area contributed by atoms with Gasteiger partial charge in [-0.15, -0.1) is 0 Å². The minimum Gasteiger partial charge on any atom is -0.487 e. The number of alkyl halides is 3. The Morgan fingerprint density at radius 1 is 1.23 bits per heavy atom. The Labute approximate surface area is 153 Å². The smallest absolute Gasteiger partial charge is 0.416 e. The minimum atomic E-state index is -4.42. The number of nitrogens with zero attached hydrogens (tertiary/aromatic N) is 2. The molecular weight excluding hydrogens is 369 g/mol. The van der Waals surface area contributed by atoms with E-state index in [1.165, 1.54) is 18.3 Å². The lowest BCUT2D eigenvalue weighted by Gasteiger charge is -2.33. The average molecular weight is 385 g/mol. The molecule has 2 heterocycles. The summed E-state index contributed by atoms with van der Waals surface area (Å²) in [4.78, 5) is 18.1. The van der Waals surface area contributed by atoms with Gasteiger partial charge in [-0.1, -0.05) is 11.6 Å². The van der Waals surface area contributed by atoms with Gasteiger partial charge < -0.3 is 9.64 Å². The molecular formula is C18H16ClF3N2O2. The van der Waals surface area contributed by atoms with Crippen LogP contribution in [0.5, 0.6) is 5.75 Å². The molecule has 1 unspecified atom stereocenters. The lowest BCUT2D eigenvalue weighted by Crippen LogP contribution is -2.44. The number of rotatable bonds is 3. The molecule has 0 aliphatic carbocycles. The van der Waals surface area contributed by atoms with Crippen molar-refractivity contribution >= 4 is 17.5 Å². The molecule has 1 aliphatic rings. The molecule has 0 N–H and O–H groups in total. The van der Waals surface area contributed by atoms with Crippen LogP contribution in [0.4, 0.5) is 13.2 Å². The highest BCUT2D eigenvalue weighted by atomic mass is 35.5. The molecule has 138 valence electrons. The normalized spacial score (nSPS) is 17.8. The van der Waals surface area contributed by atoms with Gasteiger partial charge in [-0.05, 0) is 37.1 Å². The van der Waals surface area contributed by atoms with E-state index in [1.54, 1.807) is 17.2 Å². The van der Waals surface area contributed by atoms with E-state index in [0.29, 0.717) is 23.9 Å². The molecule has 1 amide bonds. The lowest BCUT2D eigenvalue weighted by atomic mass is 10.1. The third-order valence-corrected chi connectivity index (χ3v) is 4.44. The number of benzene rings is 1. The second kappa shape index (κ2) is 7.53. The fourth-order valence-corrected chi connectivity index (χ4v) is 3.00. The third-order valence-electron chi connectivity index (χ3n) is 4.15. The van der Waals surface area contributed by atoms with Gasteiger partial charge in [0, 0.05) is 30.6 Å². The highest BCUT2D eigenvalue weighted by Crippen LogP contribution is 2.30. The zero-order valence-electron chi connectivity index (χ0n) is 13.7. The van der Waals surface area contributed by atoms with Crippen LogP contribution < -0.4 is 4.74 Å². The molecule has 0 saturated carbocycles. The Hall–Kier alpha value is -2.28. The summed E-state index contributed by atoms with van der Waals surface area (Å²) >= 11 is 6.03. The maximum atomic E-state index is 12.6. The van der Waals surface area contributed by atoms with Crippen LogP contribution in [0.1, 0.15) is 28.8 Å². The topological polar surface area (TPSA) is 42.4 Å². The van der Waals surface area contributed by atoms with E-state index in [2.05, 4.69) is 4.98 Å². The van der Waals surface area contributed by atoms with Crippen molar-refractivity contribution in [1.29, 1.82) is 0 Å². The number of carbonyl (C=O) groups excluding carboxylic acids is 1. The maximum absolute atomic E-state index is 12.6. The zero-order chi connectivity index (χ0) is 18.7. The number of piperidine rings is 1. The van der Waals surface area contributed by atoms with Crippen molar-refractivity contribution in [2.45, 2.75) is 25.1 Å². The monoisotopic (exact) mass is 384 g/mol. The summed E-state index contributed by atoms with van der Waals surface area (Å²) < 4.78 is 43.8. The number of amides is 1. The summed E-state index contributed by atoms with van der Waals surface area (Å²) in [5.74, 6) is 0.184. The Morgan fingerprint density at radius 2 is 1.96 bits per heavy atom. The first-order valence-electron chi connectivity index (χ1n) is 8.07. The van der Waals surface area contributed by atoms with E-state index < -0.39 is 11.7 Å². The first kappa shape index (κ1) is 18.5. The predicted octanol–water partition coefficient (Wildman–Crippen LogP) is 4.44. The molecule has 1 aromatic heterocycles. The highest BCUT2D eigenvalue weighted by Gasteiger charge is 2.31. The largest absolute Gasteiger partial charge is 0.487 e. The maximum Gasteiger partial charge on any atom is 0.416 e. The van der Waals surface area contributed by atoms with Crippen LogP contribution in [-0.2, 0) is 6.18 Å². The molecule has 3 rings (SSSR count). The number of carbonyl (C=O) groups is 1. The number of likely N-dealkylation sites (tertiary alicyclic amines) is 1. The lowest BCUT2D eigenvalue weighted by molar-refractivity contribution is -0.137. The Morgan fingerprint density at radius 3 is 2.62 bits per heavy atom. The number of halogens is 4. The zero-order valence-corrected chi connectivity index (χ0v) is 14.4. The summed E-state index contributed by atoms with van der Waals surface area (Å²) in [6.45, 7) is 0.877. The molecule has 8 heteroatoms. The molecule has 4 nitrogen and oxygen atoms in total. The van der Waals surface area contributed by atoms with Gasteiger partial charge >= 0.3 is 6.18 Å². The first-order chi connectivity index (χ1) is 12.3. The minimum absolute atomic E-state index is 0.223. The molecule has 0 spiro atoms. The Kier molecular flexibility index (Phi) is 5.36. The van der Waals surface area contributed by atoms with Crippen LogP contribution in [0.2, 0.25) is 5.02 Å². The van der Waals surface area contributed by atoms with Gasteiger partial charge in [0.1, 0.15) is 16.9 Å². The average Bonchev–Trinajstić information content (AvgIpc) is 2.63. The molecule has 1 aliphatic heterocycles. The van der Waals surface area contributed by atoms with E-state index >= 15 is 0 Å². The van der Waals surface area contributed by atoms with Gasteiger partial charge in [-0.2, -0.15) is 13.2 Å². The van der Waals surface area contributed by atoms with Crippen LogP contribution in [-0.4, -0.2) is 35.0 Å².